The standard InChI is InChI=1S/C14H23N3O/c1-4-18-12-7-9-15-13(17-12)16-11-6-5-8-14(2,3)10-11/h7,9,11H,4-6,8,10H2,1-3H3,(H,15,16,17). The van der Waals surface area contributed by atoms with Crippen LogP contribution in [-0.4, -0.2) is 22.6 Å². The van der Waals surface area contributed by atoms with Crippen LogP contribution in [0.25, 0.3) is 0 Å². The Morgan fingerprint density at radius 3 is 3.06 bits per heavy atom. The molecule has 1 unspecified atom stereocenters. The molecule has 1 N–H and O–H groups in total. The summed E-state index contributed by atoms with van der Waals surface area (Å²) in [5, 5.41) is 3.43. The molecule has 18 heavy (non-hydrogen) atoms. The van der Waals surface area contributed by atoms with Crippen molar-refractivity contribution in [3.05, 3.63) is 12.3 Å². The van der Waals surface area contributed by atoms with E-state index in [0.717, 1.165) is 0 Å². The predicted octanol–water partition coefficient (Wildman–Crippen LogP) is 3.26. The Labute approximate surface area is 109 Å². The van der Waals surface area contributed by atoms with E-state index in [2.05, 4.69) is 29.1 Å². The van der Waals surface area contributed by atoms with Crippen molar-refractivity contribution in [2.75, 3.05) is 11.9 Å². The van der Waals surface area contributed by atoms with E-state index >= 15 is 0 Å². The molecule has 1 fully saturated rings. The summed E-state index contributed by atoms with van der Waals surface area (Å²) in [7, 11) is 0. The Bertz CT molecular complexity index is 392. The molecule has 1 atom stereocenters. The molecule has 4 heteroatoms. The van der Waals surface area contributed by atoms with Crippen LogP contribution in [0.4, 0.5) is 5.95 Å². The van der Waals surface area contributed by atoms with Gasteiger partial charge in [0.1, 0.15) is 0 Å². The minimum Gasteiger partial charge on any atom is -0.478 e. The Kier molecular flexibility index (Phi) is 4.04. The van der Waals surface area contributed by atoms with Crippen molar-refractivity contribution < 1.29 is 4.74 Å². The number of nitrogens with zero attached hydrogens (tertiary/aromatic N) is 2. The number of hydrogen-bond donors (Lipinski definition) is 1. The molecule has 1 heterocycles. The van der Waals surface area contributed by atoms with E-state index in [1.807, 2.05) is 6.92 Å². The highest BCUT2D eigenvalue weighted by Crippen LogP contribution is 2.36. The van der Waals surface area contributed by atoms with Gasteiger partial charge >= 0.3 is 0 Å². The zero-order valence-corrected chi connectivity index (χ0v) is 11.6. The van der Waals surface area contributed by atoms with Gasteiger partial charge in [0.15, 0.2) is 0 Å². The van der Waals surface area contributed by atoms with Crippen LogP contribution in [0.1, 0.15) is 46.5 Å². The molecule has 1 saturated carbocycles. The summed E-state index contributed by atoms with van der Waals surface area (Å²) in [6.45, 7) is 7.25. The van der Waals surface area contributed by atoms with Gasteiger partial charge in [0.25, 0.3) is 0 Å². The number of aromatic nitrogens is 2. The van der Waals surface area contributed by atoms with E-state index in [1.54, 1.807) is 12.3 Å². The largest absolute Gasteiger partial charge is 0.478 e. The third kappa shape index (κ3) is 3.59. The molecule has 0 saturated heterocycles. The lowest BCUT2D eigenvalue weighted by molar-refractivity contribution is 0.229. The van der Waals surface area contributed by atoms with Crippen molar-refractivity contribution in [2.24, 2.45) is 5.41 Å². The van der Waals surface area contributed by atoms with Crippen LogP contribution in [0.15, 0.2) is 12.3 Å². The van der Waals surface area contributed by atoms with Crippen LogP contribution < -0.4 is 10.1 Å². The maximum atomic E-state index is 5.39. The summed E-state index contributed by atoms with van der Waals surface area (Å²) in [6.07, 6.45) is 6.70. The number of hydrogen-bond acceptors (Lipinski definition) is 4. The summed E-state index contributed by atoms with van der Waals surface area (Å²) in [6, 6.07) is 2.27. The van der Waals surface area contributed by atoms with Crippen LogP contribution in [0, 0.1) is 5.41 Å². The van der Waals surface area contributed by atoms with Crippen molar-refractivity contribution in [1.82, 2.24) is 9.97 Å². The maximum absolute atomic E-state index is 5.39. The maximum Gasteiger partial charge on any atom is 0.226 e. The molecule has 4 nitrogen and oxygen atoms in total. The summed E-state index contributed by atoms with van der Waals surface area (Å²) in [4.78, 5) is 8.62. The first-order valence-corrected chi connectivity index (χ1v) is 6.81. The SMILES string of the molecule is CCOc1ccnc(NC2CCCC(C)(C)C2)n1. The zero-order valence-electron chi connectivity index (χ0n) is 11.6. The molecule has 1 aliphatic carbocycles. The lowest BCUT2D eigenvalue weighted by Gasteiger charge is -2.35. The van der Waals surface area contributed by atoms with E-state index in [1.165, 1.54) is 25.7 Å². The van der Waals surface area contributed by atoms with Gasteiger partial charge in [-0.15, -0.1) is 0 Å². The van der Waals surface area contributed by atoms with Gasteiger partial charge in [-0.3, -0.25) is 0 Å². The average Bonchev–Trinajstić information content (AvgIpc) is 2.28. The first kappa shape index (κ1) is 13.1. The van der Waals surface area contributed by atoms with Gasteiger partial charge in [-0.2, -0.15) is 4.98 Å². The smallest absolute Gasteiger partial charge is 0.226 e. The predicted molar refractivity (Wildman–Crippen MR) is 72.9 cm³/mol. The van der Waals surface area contributed by atoms with Gasteiger partial charge in [-0.25, -0.2) is 4.98 Å². The summed E-state index contributed by atoms with van der Waals surface area (Å²) >= 11 is 0. The normalized spacial score (nSPS) is 22.5. The summed E-state index contributed by atoms with van der Waals surface area (Å²) < 4.78 is 5.39. The van der Waals surface area contributed by atoms with Crippen molar-refractivity contribution in [3.8, 4) is 5.88 Å². The molecule has 1 aliphatic rings. The van der Waals surface area contributed by atoms with Crippen molar-refractivity contribution >= 4 is 5.95 Å². The quantitative estimate of drug-likeness (QED) is 0.889. The molecule has 1 aromatic heterocycles. The van der Waals surface area contributed by atoms with Crippen LogP contribution in [0.2, 0.25) is 0 Å². The van der Waals surface area contributed by atoms with Gasteiger partial charge in [0.2, 0.25) is 11.8 Å². The Balaban J connectivity index is 1.98. The van der Waals surface area contributed by atoms with E-state index < -0.39 is 0 Å². The second-order valence-corrected chi connectivity index (χ2v) is 5.75. The molecule has 2 rings (SSSR count). The molecule has 0 spiro atoms. The lowest BCUT2D eigenvalue weighted by Crippen LogP contribution is -2.32. The highest BCUT2D eigenvalue weighted by Gasteiger charge is 2.28. The van der Waals surface area contributed by atoms with Crippen LogP contribution in [0.5, 0.6) is 5.88 Å². The van der Waals surface area contributed by atoms with Crippen LogP contribution in [0.3, 0.4) is 0 Å². The Morgan fingerprint density at radius 2 is 2.33 bits per heavy atom. The summed E-state index contributed by atoms with van der Waals surface area (Å²) in [5.74, 6) is 1.33. The van der Waals surface area contributed by atoms with Gasteiger partial charge in [-0.05, 0) is 31.6 Å². The number of anilines is 1. The fourth-order valence-electron chi connectivity index (χ4n) is 2.64. The highest BCUT2D eigenvalue weighted by atomic mass is 16.5. The molecule has 1 aromatic rings. The first-order chi connectivity index (χ1) is 8.59. The van der Waals surface area contributed by atoms with E-state index in [0.29, 0.717) is 29.9 Å². The molecule has 0 radical (unpaired) electrons. The number of rotatable bonds is 4. The third-order valence-corrected chi connectivity index (χ3v) is 3.46. The number of ether oxygens (including phenoxy) is 1. The van der Waals surface area contributed by atoms with Gasteiger partial charge < -0.3 is 10.1 Å². The lowest BCUT2D eigenvalue weighted by atomic mass is 9.75. The van der Waals surface area contributed by atoms with Gasteiger partial charge in [0.05, 0.1) is 6.61 Å². The molecule has 0 bridgehead atoms. The van der Waals surface area contributed by atoms with Crippen molar-refractivity contribution in [1.29, 1.82) is 0 Å². The third-order valence-electron chi connectivity index (χ3n) is 3.46. The van der Waals surface area contributed by atoms with Gasteiger partial charge in [-0.1, -0.05) is 20.3 Å². The molecule has 0 aliphatic heterocycles. The minimum atomic E-state index is 0.424. The van der Waals surface area contributed by atoms with Crippen molar-refractivity contribution in [3.63, 3.8) is 0 Å². The second kappa shape index (κ2) is 5.55. The van der Waals surface area contributed by atoms with E-state index in [4.69, 9.17) is 4.74 Å². The molecular formula is C14H23N3O. The zero-order chi connectivity index (χ0) is 13.0. The molecular weight excluding hydrogens is 226 g/mol. The first-order valence-electron chi connectivity index (χ1n) is 6.81. The highest BCUT2D eigenvalue weighted by molar-refractivity contribution is 5.29. The summed E-state index contributed by atoms with van der Waals surface area (Å²) in [5.41, 5.74) is 0.424. The Hall–Kier alpha value is -1.32. The topological polar surface area (TPSA) is 47.0 Å². The molecule has 0 amide bonds. The monoisotopic (exact) mass is 249 g/mol. The molecule has 0 aromatic carbocycles. The molecule has 100 valence electrons. The van der Waals surface area contributed by atoms with E-state index in [-0.39, 0.29) is 0 Å². The fraction of sp³-hybridized carbons (Fsp3) is 0.714. The van der Waals surface area contributed by atoms with Crippen molar-refractivity contribution in [2.45, 2.75) is 52.5 Å². The number of nitrogens with one attached hydrogen (secondary N) is 1. The van der Waals surface area contributed by atoms with Gasteiger partial charge in [0, 0.05) is 18.3 Å². The fourth-order valence-corrected chi connectivity index (χ4v) is 2.64. The van der Waals surface area contributed by atoms with Crippen LogP contribution >= 0.6 is 0 Å². The second-order valence-electron chi connectivity index (χ2n) is 5.75. The Morgan fingerprint density at radius 1 is 1.50 bits per heavy atom. The van der Waals surface area contributed by atoms with Crippen LogP contribution in [-0.2, 0) is 0 Å². The minimum absolute atomic E-state index is 0.424. The van der Waals surface area contributed by atoms with E-state index in [9.17, 15) is 0 Å². The average molecular weight is 249 g/mol.